The SMILES string of the molecule is S=C(NCCc1ccc(Cl)cc1Cl)NC1CC2CCC1C2. The molecule has 0 saturated heterocycles. The molecular formula is C16H20Cl2N2S. The molecular weight excluding hydrogens is 323 g/mol. The maximum absolute atomic E-state index is 6.16. The number of nitrogens with one attached hydrogen (secondary N) is 2. The standard InChI is InChI=1S/C16H20Cl2N2S/c17-13-4-3-11(14(18)9-13)5-6-19-16(21)20-15-8-10-1-2-12(15)7-10/h3-4,9-10,12,15H,1-2,5-8H2,(H2,19,20,21). The van der Waals surface area contributed by atoms with Gasteiger partial charge in [-0.05, 0) is 67.4 Å². The Hall–Kier alpha value is -0.510. The Morgan fingerprint density at radius 1 is 1.24 bits per heavy atom. The maximum atomic E-state index is 6.16. The summed E-state index contributed by atoms with van der Waals surface area (Å²) in [5.41, 5.74) is 1.09. The van der Waals surface area contributed by atoms with Gasteiger partial charge in [0.2, 0.25) is 0 Å². The van der Waals surface area contributed by atoms with Gasteiger partial charge >= 0.3 is 0 Å². The number of halogens is 2. The van der Waals surface area contributed by atoms with Crippen LogP contribution in [0.1, 0.15) is 31.2 Å². The van der Waals surface area contributed by atoms with Gasteiger partial charge in [0.1, 0.15) is 0 Å². The van der Waals surface area contributed by atoms with E-state index in [1.165, 1.54) is 25.7 Å². The number of rotatable bonds is 4. The molecule has 0 amide bonds. The van der Waals surface area contributed by atoms with E-state index in [-0.39, 0.29) is 0 Å². The topological polar surface area (TPSA) is 24.1 Å². The van der Waals surface area contributed by atoms with Gasteiger partial charge in [-0.25, -0.2) is 0 Å². The highest BCUT2D eigenvalue weighted by Gasteiger charge is 2.39. The zero-order valence-corrected chi connectivity index (χ0v) is 14.2. The lowest BCUT2D eigenvalue weighted by Crippen LogP contribution is -2.44. The van der Waals surface area contributed by atoms with Crippen LogP contribution in [0.3, 0.4) is 0 Å². The average molecular weight is 343 g/mol. The molecule has 2 aliphatic rings. The second kappa shape index (κ2) is 6.72. The van der Waals surface area contributed by atoms with Crippen LogP contribution in [0.2, 0.25) is 10.0 Å². The number of hydrogen-bond donors (Lipinski definition) is 2. The minimum atomic E-state index is 0.586. The minimum Gasteiger partial charge on any atom is -0.362 e. The minimum absolute atomic E-state index is 0.586. The highest BCUT2D eigenvalue weighted by Crippen LogP contribution is 2.44. The maximum Gasteiger partial charge on any atom is 0.166 e. The van der Waals surface area contributed by atoms with Gasteiger partial charge in [-0.15, -0.1) is 0 Å². The number of thiocarbonyl (C=S) groups is 1. The van der Waals surface area contributed by atoms with Crippen molar-refractivity contribution in [2.75, 3.05) is 6.54 Å². The Kier molecular flexibility index (Phi) is 4.92. The first-order chi connectivity index (χ1) is 10.1. The molecule has 2 saturated carbocycles. The van der Waals surface area contributed by atoms with Crippen LogP contribution in [0.15, 0.2) is 18.2 Å². The molecule has 114 valence electrons. The monoisotopic (exact) mass is 342 g/mol. The molecule has 21 heavy (non-hydrogen) atoms. The first-order valence-corrected chi connectivity index (χ1v) is 8.76. The third-order valence-corrected chi connectivity index (χ3v) is 5.60. The second-order valence-electron chi connectivity index (χ2n) is 6.17. The Morgan fingerprint density at radius 2 is 2.10 bits per heavy atom. The molecule has 5 heteroatoms. The highest BCUT2D eigenvalue weighted by molar-refractivity contribution is 7.80. The molecule has 2 bridgehead atoms. The summed E-state index contributed by atoms with van der Waals surface area (Å²) in [4.78, 5) is 0. The molecule has 0 heterocycles. The fourth-order valence-electron chi connectivity index (χ4n) is 3.68. The van der Waals surface area contributed by atoms with E-state index in [1.54, 1.807) is 6.07 Å². The molecule has 2 nitrogen and oxygen atoms in total. The van der Waals surface area contributed by atoms with E-state index in [1.807, 2.05) is 12.1 Å². The van der Waals surface area contributed by atoms with E-state index in [2.05, 4.69) is 10.6 Å². The number of hydrogen-bond acceptors (Lipinski definition) is 1. The predicted octanol–water partition coefficient (Wildman–Crippen LogP) is 4.19. The van der Waals surface area contributed by atoms with Crippen molar-refractivity contribution in [1.29, 1.82) is 0 Å². The average Bonchev–Trinajstić information content (AvgIpc) is 3.03. The molecule has 0 aromatic heterocycles. The normalized spacial score (nSPS) is 26.9. The van der Waals surface area contributed by atoms with E-state index in [9.17, 15) is 0 Å². The van der Waals surface area contributed by atoms with Gasteiger partial charge in [0.05, 0.1) is 0 Å². The third-order valence-electron chi connectivity index (χ3n) is 4.75. The molecule has 0 aliphatic heterocycles. The van der Waals surface area contributed by atoms with E-state index >= 15 is 0 Å². The summed E-state index contributed by atoms with van der Waals surface area (Å²) in [5, 5.41) is 8.94. The van der Waals surface area contributed by atoms with Gasteiger partial charge in [-0.2, -0.15) is 0 Å². The van der Waals surface area contributed by atoms with Gasteiger partial charge in [0.25, 0.3) is 0 Å². The van der Waals surface area contributed by atoms with Gasteiger partial charge in [-0.1, -0.05) is 35.7 Å². The molecule has 1 aromatic carbocycles. The van der Waals surface area contributed by atoms with Crippen molar-refractivity contribution in [2.45, 2.75) is 38.1 Å². The lowest BCUT2D eigenvalue weighted by Gasteiger charge is -2.24. The molecule has 1 aromatic rings. The summed E-state index contributed by atoms with van der Waals surface area (Å²) in [5.74, 6) is 1.77. The van der Waals surface area contributed by atoms with E-state index in [4.69, 9.17) is 35.4 Å². The molecule has 2 N–H and O–H groups in total. The van der Waals surface area contributed by atoms with E-state index < -0.39 is 0 Å². The van der Waals surface area contributed by atoms with Crippen molar-refractivity contribution in [3.8, 4) is 0 Å². The highest BCUT2D eigenvalue weighted by atomic mass is 35.5. The number of fused-ring (bicyclic) bond motifs is 2. The van der Waals surface area contributed by atoms with Crippen LogP contribution in [-0.4, -0.2) is 17.7 Å². The first kappa shape index (κ1) is 15.4. The third kappa shape index (κ3) is 3.82. The van der Waals surface area contributed by atoms with Crippen LogP contribution in [0, 0.1) is 11.8 Å². The molecule has 0 spiro atoms. The number of benzene rings is 1. The summed E-state index contributed by atoms with van der Waals surface area (Å²) in [7, 11) is 0. The van der Waals surface area contributed by atoms with Crippen molar-refractivity contribution in [3.63, 3.8) is 0 Å². The van der Waals surface area contributed by atoms with Crippen LogP contribution in [0.5, 0.6) is 0 Å². The quantitative estimate of drug-likeness (QED) is 0.802. The van der Waals surface area contributed by atoms with Crippen LogP contribution in [0.4, 0.5) is 0 Å². The lowest BCUT2D eigenvalue weighted by molar-refractivity contribution is 0.389. The zero-order chi connectivity index (χ0) is 14.8. The van der Waals surface area contributed by atoms with E-state index in [0.717, 1.165) is 40.5 Å². The first-order valence-electron chi connectivity index (χ1n) is 7.60. The molecule has 3 rings (SSSR count). The summed E-state index contributed by atoms with van der Waals surface area (Å²) in [6, 6.07) is 6.21. The van der Waals surface area contributed by atoms with Gasteiger partial charge in [0.15, 0.2) is 5.11 Å². The van der Waals surface area contributed by atoms with Crippen LogP contribution < -0.4 is 10.6 Å². The fraction of sp³-hybridized carbons (Fsp3) is 0.562. The summed E-state index contributed by atoms with van der Waals surface area (Å²) in [6.07, 6.45) is 6.30. The lowest BCUT2D eigenvalue weighted by atomic mass is 9.96. The zero-order valence-electron chi connectivity index (χ0n) is 11.9. The summed E-state index contributed by atoms with van der Waals surface area (Å²) in [6.45, 7) is 0.786. The summed E-state index contributed by atoms with van der Waals surface area (Å²) >= 11 is 17.5. The Labute approximate surface area is 141 Å². The van der Waals surface area contributed by atoms with Crippen molar-refractivity contribution >= 4 is 40.5 Å². The molecule has 2 aliphatic carbocycles. The molecule has 3 unspecified atom stereocenters. The summed E-state index contributed by atoms with van der Waals surface area (Å²) < 4.78 is 0. The van der Waals surface area contributed by atoms with Crippen molar-refractivity contribution < 1.29 is 0 Å². The Morgan fingerprint density at radius 3 is 2.76 bits per heavy atom. The van der Waals surface area contributed by atoms with Crippen LogP contribution in [-0.2, 0) is 6.42 Å². The second-order valence-corrected chi connectivity index (χ2v) is 7.42. The molecule has 0 radical (unpaired) electrons. The Balaban J connectivity index is 1.42. The van der Waals surface area contributed by atoms with Crippen LogP contribution >= 0.6 is 35.4 Å². The van der Waals surface area contributed by atoms with Gasteiger partial charge in [-0.3, -0.25) is 0 Å². The largest absolute Gasteiger partial charge is 0.362 e. The smallest absolute Gasteiger partial charge is 0.166 e. The van der Waals surface area contributed by atoms with Crippen molar-refractivity contribution in [3.05, 3.63) is 33.8 Å². The van der Waals surface area contributed by atoms with Gasteiger partial charge < -0.3 is 10.6 Å². The van der Waals surface area contributed by atoms with Gasteiger partial charge in [0, 0.05) is 22.6 Å². The fourth-order valence-corrected chi connectivity index (χ4v) is 4.43. The molecule has 2 fully saturated rings. The molecule has 3 atom stereocenters. The van der Waals surface area contributed by atoms with Crippen molar-refractivity contribution in [2.24, 2.45) is 11.8 Å². The van der Waals surface area contributed by atoms with E-state index in [0.29, 0.717) is 11.1 Å². The Bertz CT molecular complexity index is 535. The van der Waals surface area contributed by atoms with Crippen LogP contribution in [0.25, 0.3) is 0 Å². The predicted molar refractivity (Wildman–Crippen MR) is 93.1 cm³/mol. The van der Waals surface area contributed by atoms with Crippen molar-refractivity contribution in [1.82, 2.24) is 10.6 Å².